The van der Waals surface area contributed by atoms with E-state index in [2.05, 4.69) is 21.8 Å². The van der Waals surface area contributed by atoms with Crippen LogP contribution in [-0.4, -0.2) is 65.4 Å². The van der Waals surface area contributed by atoms with Gasteiger partial charge in [0.15, 0.2) is 5.65 Å². The molecule has 1 fully saturated rings. The Kier molecular flexibility index (Phi) is 6.64. The molecule has 4 heterocycles. The molecule has 6 rings (SSSR count). The third-order valence-electron chi connectivity index (χ3n) is 7.33. The molecule has 0 spiro atoms. The van der Waals surface area contributed by atoms with E-state index in [-0.39, 0.29) is 4.90 Å². The summed E-state index contributed by atoms with van der Waals surface area (Å²) in [5.74, 6) is 0.334. The molecule has 0 saturated carbocycles. The van der Waals surface area contributed by atoms with Gasteiger partial charge in [0, 0.05) is 61.6 Å². The van der Waals surface area contributed by atoms with E-state index in [9.17, 15) is 8.42 Å². The van der Waals surface area contributed by atoms with Gasteiger partial charge in [0.1, 0.15) is 5.82 Å². The fraction of sp³-hybridized carbons (Fsp3) is 0.200. The third kappa shape index (κ3) is 4.58. The summed E-state index contributed by atoms with van der Waals surface area (Å²) in [4.78, 5) is 14.0. The van der Waals surface area contributed by atoms with Crippen molar-refractivity contribution < 1.29 is 8.42 Å². The van der Waals surface area contributed by atoms with Gasteiger partial charge in [0.05, 0.1) is 10.6 Å². The van der Waals surface area contributed by atoms with Crippen LogP contribution in [0.5, 0.6) is 0 Å². The van der Waals surface area contributed by atoms with Crippen molar-refractivity contribution in [2.45, 2.75) is 11.4 Å². The number of anilines is 1. The number of rotatable bonds is 6. The normalized spacial score (nSPS) is 15.1. The van der Waals surface area contributed by atoms with Crippen LogP contribution in [0.15, 0.2) is 96.2 Å². The summed E-state index contributed by atoms with van der Waals surface area (Å²) in [5.41, 5.74) is 10.5. The lowest BCUT2D eigenvalue weighted by Crippen LogP contribution is -2.43. The molecule has 5 aromatic rings. The minimum atomic E-state index is -4.03. The number of piperazine rings is 1. The summed E-state index contributed by atoms with van der Waals surface area (Å²) in [7, 11) is -1.90. The van der Waals surface area contributed by atoms with Crippen LogP contribution in [0.1, 0.15) is 5.56 Å². The Balaban J connectivity index is 1.71. The smallest absolute Gasteiger partial charge is 0.269 e. The fourth-order valence-electron chi connectivity index (χ4n) is 5.30. The first-order chi connectivity index (χ1) is 18.9. The highest BCUT2D eigenvalue weighted by Gasteiger charge is 2.32. The van der Waals surface area contributed by atoms with Crippen molar-refractivity contribution >= 4 is 26.9 Å². The number of pyridine rings is 2. The Morgan fingerprint density at radius 1 is 0.821 bits per heavy atom. The Morgan fingerprint density at radius 2 is 1.51 bits per heavy atom. The van der Waals surface area contributed by atoms with Crippen molar-refractivity contribution in [2.24, 2.45) is 0 Å². The number of nitrogen functional groups attached to an aromatic ring is 1. The van der Waals surface area contributed by atoms with Gasteiger partial charge in [-0.3, -0.25) is 4.90 Å². The number of nitrogens with zero attached hydrogens (tertiary/aromatic N) is 5. The van der Waals surface area contributed by atoms with Gasteiger partial charge in [0.2, 0.25) is 0 Å². The number of nitrogens with two attached hydrogens (primary N) is 1. The summed E-state index contributed by atoms with van der Waals surface area (Å²) in [5, 5.41) is 0.773. The number of likely N-dealkylation sites (N-methyl/N-ethyl adjacent to an activating group) is 1. The first-order valence-corrected chi connectivity index (χ1v) is 14.4. The first kappa shape index (κ1) is 25.2. The monoisotopic (exact) mass is 538 g/mol. The number of aromatic nitrogens is 3. The van der Waals surface area contributed by atoms with E-state index >= 15 is 0 Å². The van der Waals surface area contributed by atoms with Gasteiger partial charge in [-0.05, 0) is 48.5 Å². The average Bonchev–Trinajstić information content (AvgIpc) is 3.32. The maximum Gasteiger partial charge on any atom is 0.269 e. The van der Waals surface area contributed by atoms with E-state index in [1.54, 1.807) is 42.7 Å². The van der Waals surface area contributed by atoms with Crippen LogP contribution in [0.4, 0.5) is 5.82 Å². The van der Waals surface area contributed by atoms with E-state index in [0.717, 1.165) is 48.3 Å². The highest BCUT2D eigenvalue weighted by molar-refractivity contribution is 7.90. The fourth-order valence-corrected chi connectivity index (χ4v) is 6.82. The summed E-state index contributed by atoms with van der Waals surface area (Å²) >= 11 is 0. The van der Waals surface area contributed by atoms with Crippen molar-refractivity contribution in [1.29, 1.82) is 0 Å². The molecule has 198 valence electrons. The molecule has 0 aliphatic carbocycles. The summed E-state index contributed by atoms with van der Waals surface area (Å²) < 4.78 is 30.1. The van der Waals surface area contributed by atoms with Crippen molar-refractivity contribution in [3.05, 3.63) is 96.8 Å². The van der Waals surface area contributed by atoms with Crippen molar-refractivity contribution in [3.63, 3.8) is 0 Å². The van der Waals surface area contributed by atoms with E-state index in [1.165, 1.54) is 3.97 Å². The highest BCUT2D eigenvalue weighted by atomic mass is 32.2. The maximum absolute atomic E-state index is 14.4. The molecule has 1 aliphatic heterocycles. The standard InChI is InChI=1S/C30H30N6O2S/c1-34-17-19-35(20-18-34)21-23-14-16-33-30-26(23)27(25-13-8-15-32-29(25)31)28(22-9-4-2-5-10-22)36(30)39(37,38)24-11-6-3-7-12-24/h2-16H,17-21H2,1H3,(H2,31,32). The van der Waals surface area contributed by atoms with Gasteiger partial charge in [-0.2, -0.15) is 0 Å². The molecule has 0 bridgehead atoms. The van der Waals surface area contributed by atoms with Gasteiger partial charge in [-0.15, -0.1) is 0 Å². The molecule has 2 aromatic carbocycles. The number of benzene rings is 2. The molecule has 0 atom stereocenters. The maximum atomic E-state index is 14.4. The lowest BCUT2D eigenvalue weighted by molar-refractivity contribution is 0.148. The quantitative estimate of drug-likeness (QED) is 0.344. The number of hydrogen-bond acceptors (Lipinski definition) is 7. The number of fused-ring (bicyclic) bond motifs is 1. The largest absolute Gasteiger partial charge is 0.383 e. The minimum absolute atomic E-state index is 0.191. The molecule has 2 N–H and O–H groups in total. The Morgan fingerprint density at radius 3 is 2.21 bits per heavy atom. The average molecular weight is 539 g/mol. The van der Waals surface area contributed by atoms with E-state index in [1.807, 2.05) is 48.5 Å². The van der Waals surface area contributed by atoms with Crippen LogP contribution in [0.3, 0.4) is 0 Å². The number of hydrogen-bond donors (Lipinski definition) is 1. The zero-order valence-electron chi connectivity index (χ0n) is 21.7. The van der Waals surface area contributed by atoms with Gasteiger partial charge in [0.25, 0.3) is 10.0 Å². The third-order valence-corrected chi connectivity index (χ3v) is 9.03. The van der Waals surface area contributed by atoms with Crippen molar-refractivity contribution in [3.8, 4) is 22.4 Å². The molecule has 8 nitrogen and oxygen atoms in total. The van der Waals surface area contributed by atoms with E-state index in [0.29, 0.717) is 29.3 Å². The van der Waals surface area contributed by atoms with Gasteiger partial charge < -0.3 is 10.6 Å². The van der Waals surface area contributed by atoms with Gasteiger partial charge in [-0.1, -0.05) is 48.5 Å². The Bertz CT molecular complexity index is 1730. The summed E-state index contributed by atoms with van der Waals surface area (Å²) in [6.45, 7) is 4.49. The zero-order valence-corrected chi connectivity index (χ0v) is 22.6. The zero-order chi connectivity index (χ0) is 27.0. The molecule has 39 heavy (non-hydrogen) atoms. The predicted octanol–water partition coefficient (Wildman–Crippen LogP) is 4.33. The molecule has 9 heteroatoms. The molecule has 3 aromatic heterocycles. The highest BCUT2D eigenvalue weighted by Crippen LogP contribution is 2.45. The topological polar surface area (TPSA) is 97.3 Å². The van der Waals surface area contributed by atoms with Crippen LogP contribution in [0.2, 0.25) is 0 Å². The SMILES string of the molecule is CN1CCN(Cc2ccnc3c2c(-c2cccnc2N)c(-c2ccccc2)n3S(=O)(=O)c2ccccc2)CC1. The predicted molar refractivity (Wildman–Crippen MR) is 155 cm³/mol. The summed E-state index contributed by atoms with van der Waals surface area (Å²) in [6.07, 6.45) is 3.35. The van der Waals surface area contributed by atoms with Crippen molar-refractivity contribution in [1.82, 2.24) is 23.7 Å². The lowest BCUT2D eigenvalue weighted by Gasteiger charge is -2.32. The minimum Gasteiger partial charge on any atom is -0.383 e. The van der Waals surface area contributed by atoms with E-state index < -0.39 is 10.0 Å². The molecule has 0 radical (unpaired) electrons. The van der Waals surface area contributed by atoms with E-state index in [4.69, 9.17) is 10.7 Å². The van der Waals surface area contributed by atoms with Crippen LogP contribution in [0, 0.1) is 0 Å². The van der Waals surface area contributed by atoms with Gasteiger partial charge in [-0.25, -0.2) is 22.4 Å². The molecule has 1 saturated heterocycles. The lowest BCUT2D eigenvalue weighted by atomic mass is 9.97. The van der Waals surface area contributed by atoms with Crippen LogP contribution in [-0.2, 0) is 16.6 Å². The Labute approximate surface area is 228 Å². The van der Waals surface area contributed by atoms with Crippen molar-refractivity contribution in [2.75, 3.05) is 39.0 Å². The summed E-state index contributed by atoms with van der Waals surface area (Å²) in [6, 6.07) is 23.8. The molecule has 0 unspecified atom stereocenters. The molecular weight excluding hydrogens is 508 g/mol. The van der Waals surface area contributed by atoms with Gasteiger partial charge >= 0.3 is 0 Å². The van der Waals surface area contributed by atoms with Crippen LogP contribution in [0.25, 0.3) is 33.4 Å². The molecule has 1 aliphatic rings. The molecule has 0 amide bonds. The second-order valence-corrected chi connectivity index (χ2v) is 11.6. The first-order valence-electron chi connectivity index (χ1n) is 13.0. The second kappa shape index (κ2) is 10.3. The molecular formula is C30H30N6O2S. The van der Waals surface area contributed by atoms with Crippen LogP contribution >= 0.6 is 0 Å². The Hall–Kier alpha value is -4.05. The second-order valence-electron chi connectivity index (χ2n) is 9.86. The van der Waals surface area contributed by atoms with Crippen LogP contribution < -0.4 is 5.73 Å².